The lowest BCUT2D eigenvalue weighted by Gasteiger charge is -2.12. The second-order valence-electron chi connectivity index (χ2n) is 4.69. The second-order valence-corrected chi connectivity index (χ2v) is 5.60. The maximum atomic E-state index is 12.2. The molecule has 1 aromatic carbocycles. The molecular weight excluding hydrogens is 332 g/mol. The normalized spacial score (nSPS) is 12.3. The van der Waals surface area contributed by atoms with Crippen LogP contribution < -0.4 is 5.32 Å². The quantitative estimate of drug-likeness (QED) is 0.794. The Hall–Kier alpha value is -2.21. The van der Waals surface area contributed by atoms with E-state index in [4.69, 9.17) is 0 Å². The molecular formula is C15H13BrN4O. The van der Waals surface area contributed by atoms with Crippen LogP contribution >= 0.6 is 15.9 Å². The molecule has 1 atom stereocenters. The summed E-state index contributed by atoms with van der Waals surface area (Å²) in [5.74, 6) is 0.568. The molecule has 0 aliphatic carbocycles. The molecule has 1 amide bonds. The molecule has 0 saturated heterocycles. The maximum absolute atomic E-state index is 12.2. The van der Waals surface area contributed by atoms with Crippen LogP contribution in [0.4, 0.5) is 0 Å². The van der Waals surface area contributed by atoms with Crippen LogP contribution in [0.3, 0.4) is 0 Å². The number of aromatic nitrogens is 3. The van der Waals surface area contributed by atoms with Crippen molar-refractivity contribution in [2.24, 2.45) is 0 Å². The van der Waals surface area contributed by atoms with Gasteiger partial charge in [0.25, 0.3) is 5.91 Å². The van der Waals surface area contributed by atoms with Gasteiger partial charge < -0.3 is 5.32 Å². The Labute approximate surface area is 130 Å². The Morgan fingerprint density at radius 3 is 2.71 bits per heavy atom. The van der Waals surface area contributed by atoms with E-state index < -0.39 is 0 Å². The third-order valence-corrected chi connectivity index (χ3v) is 3.71. The number of rotatable bonds is 3. The molecule has 3 rings (SSSR count). The van der Waals surface area contributed by atoms with E-state index in [9.17, 15) is 4.79 Å². The number of hydrogen-bond donors (Lipinski definition) is 1. The lowest BCUT2D eigenvalue weighted by Crippen LogP contribution is -2.27. The first-order chi connectivity index (χ1) is 10.1. The van der Waals surface area contributed by atoms with Crippen LogP contribution in [0.5, 0.6) is 0 Å². The Kier molecular flexibility index (Phi) is 3.70. The van der Waals surface area contributed by atoms with Crippen molar-refractivity contribution >= 4 is 27.5 Å². The van der Waals surface area contributed by atoms with E-state index in [2.05, 4.69) is 31.4 Å². The summed E-state index contributed by atoms with van der Waals surface area (Å²) in [4.78, 5) is 12.2. The number of nitrogens with one attached hydrogen (secondary N) is 1. The minimum Gasteiger partial charge on any atom is -0.342 e. The monoisotopic (exact) mass is 344 g/mol. The summed E-state index contributed by atoms with van der Waals surface area (Å²) in [5, 5.41) is 11.2. The molecule has 0 saturated carbocycles. The van der Waals surface area contributed by atoms with Crippen molar-refractivity contribution in [3.63, 3.8) is 0 Å². The topological polar surface area (TPSA) is 59.3 Å². The molecule has 3 aromatic rings. The smallest absolute Gasteiger partial charge is 0.251 e. The second kappa shape index (κ2) is 5.65. The van der Waals surface area contributed by atoms with Crippen LogP contribution in [0.1, 0.15) is 29.1 Å². The van der Waals surface area contributed by atoms with Crippen molar-refractivity contribution in [2.75, 3.05) is 0 Å². The highest BCUT2D eigenvalue weighted by atomic mass is 79.9. The first kappa shape index (κ1) is 13.8. The third-order valence-electron chi connectivity index (χ3n) is 3.18. The van der Waals surface area contributed by atoms with Crippen LogP contribution in [0.25, 0.3) is 5.65 Å². The van der Waals surface area contributed by atoms with E-state index in [1.807, 2.05) is 47.9 Å². The highest BCUT2D eigenvalue weighted by Crippen LogP contribution is 2.14. The van der Waals surface area contributed by atoms with E-state index in [0.717, 1.165) is 10.1 Å². The van der Waals surface area contributed by atoms with E-state index in [1.165, 1.54) is 0 Å². The third kappa shape index (κ3) is 2.80. The molecule has 0 bridgehead atoms. The van der Waals surface area contributed by atoms with Crippen LogP contribution in [0.2, 0.25) is 0 Å². The Morgan fingerprint density at radius 1 is 1.19 bits per heavy atom. The van der Waals surface area contributed by atoms with Gasteiger partial charge in [-0.25, -0.2) is 0 Å². The largest absolute Gasteiger partial charge is 0.342 e. The van der Waals surface area contributed by atoms with Crippen LogP contribution in [-0.4, -0.2) is 20.5 Å². The number of fused-ring (bicyclic) bond motifs is 1. The minimum absolute atomic E-state index is 0.136. The number of nitrogens with zero attached hydrogens (tertiary/aromatic N) is 3. The first-order valence-electron chi connectivity index (χ1n) is 6.51. The van der Waals surface area contributed by atoms with Crippen molar-refractivity contribution in [3.05, 3.63) is 64.5 Å². The standard InChI is InChI=1S/C15H13BrN4O/c1-10(14-19-18-13-4-2-3-9-20(13)14)17-15(21)11-5-7-12(16)8-6-11/h2-10H,1H3,(H,17,21). The first-order valence-corrected chi connectivity index (χ1v) is 7.30. The fourth-order valence-electron chi connectivity index (χ4n) is 2.10. The lowest BCUT2D eigenvalue weighted by atomic mass is 10.2. The molecule has 0 fully saturated rings. The van der Waals surface area contributed by atoms with E-state index >= 15 is 0 Å². The van der Waals surface area contributed by atoms with Crippen LogP contribution in [0.15, 0.2) is 53.1 Å². The van der Waals surface area contributed by atoms with Crippen LogP contribution in [-0.2, 0) is 0 Å². The summed E-state index contributed by atoms with van der Waals surface area (Å²) < 4.78 is 2.81. The predicted octanol–water partition coefficient (Wildman–Crippen LogP) is 2.98. The number of hydrogen-bond acceptors (Lipinski definition) is 3. The van der Waals surface area contributed by atoms with Gasteiger partial charge >= 0.3 is 0 Å². The van der Waals surface area contributed by atoms with E-state index in [1.54, 1.807) is 12.1 Å². The Balaban J connectivity index is 1.81. The average Bonchev–Trinajstić information content (AvgIpc) is 2.92. The van der Waals surface area contributed by atoms with Crippen molar-refractivity contribution in [1.29, 1.82) is 0 Å². The summed E-state index contributed by atoms with van der Waals surface area (Å²) >= 11 is 3.35. The minimum atomic E-state index is -0.237. The highest BCUT2D eigenvalue weighted by Gasteiger charge is 2.16. The number of amides is 1. The van der Waals surface area contributed by atoms with Gasteiger partial charge in [0.05, 0.1) is 6.04 Å². The lowest BCUT2D eigenvalue weighted by molar-refractivity contribution is 0.0938. The zero-order chi connectivity index (χ0) is 14.8. The number of carbonyl (C=O) groups is 1. The van der Waals surface area contributed by atoms with Crippen LogP contribution in [0, 0.1) is 0 Å². The van der Waals surface area contributed by atoms with Gasteiger partial charge in [-0.15, -0.1) is 10.2 Å². The van der Waals surface area contributed by atoms with Gasteiger partial charge in [0.1, 0.15) is 0 Å². The molecule has 0 radical (unpaired) electrons. The average molecular weight is 345 g/mol. The summed E-state index contributed by atoms with van der Waals surface area (Å²) in [6, 6.07) is 12.7. The highest BCUT2D eigenvalue weighted by molar-refractivity contribution is 9.10. The van der Waals surface area contributed by atoms with Gasteiger partial charge in [-0.05, 0) is 43.3 Å². The van der Waals surface area contributed by atoms with Gasteiger partial charge in [0.15, 0.2) is 11.5 Å². The van der Waals surface area contributed by atoms with Crippen molar-refractivity contribution < 1.29 is 4.79 Å². The molecule has 1 N–H and O–H groups in total. The van der Waals surface area contributed by atoms with Crippen molar-refractivity contribution in [2.45, 2.75) is 13.0 Å². The molecule has 0 aliphatic rings. The van der Waals surface area contributed by atoms with Crippen molar-refractivity contribution in [1.82, 2.24) is 19.9 Å². The molecule has 21 heavy (non-hydrogen) atoms. The molecule has 5 nitrogen and oxygen atoms in total. The fraction of sp³-hybridized carbons (Fsp3) is 0.133. The molecule has 2 heterocycles. The summed E-state index contributed by atoms with van der Waals surface area (Å²) in [5.41, 5.74) is 1.37. The van der Waals surface area contributed by atoms with Gasteiger partial charge in [-0.3, -0.25) is 9.20 Å². The van der Waals surface area contributed by atoms with Gasteiger partial charge in [0.2, 0.25) is 0 Å². The number of pyridine rings is 1. The van der Waals surface area contributed by atoms with E-state index in [-0.39, 0.29) is 11.9 Å². The molecule has 2 aromatic heterocycles. The number of halogens is 1. The van der Waals surface area contributed by atoms with Gasteiger partial charge in [-0.1, -0.05) is 22.0 Å². The molecule has 6 heteroatoms. The number of benzene rings is 1. The number of carbonyl (C=O) groups excluding carboxylic acids is 1. The Bertz CT molecular complexity index is 782. The zero-order valence-corrected chi connectivity index (χ0v) is 12.9. The maximum Gasteiger partial charge on any atom is 0.251 e. The summed E-state index contributed by atoms with van der Waals surface area (Å²) in [6.45, 7) is 1.89. The van der Waals surface area contributed by atoms with E-state index in [0.29, 0.717) is 11.4 Å². The molecule has 0 spiro atoms. The summed E-state index contributed by atoms with van der Waals surface area (Å²) in [6.07, 6.45) is 1.88. The fourth-order valence-corrected chi connectivity index (χ4v) is 2.37. The Morgan fingerprint density at radius 2 is 1.95 bits per heavy atom. The SMILES string of the molecule is CC(NC(=O)c1ccc(Br)cc1)c1nnc2ccccn12. The molecule has 1 unspecified atom stereocenters. The summed E-state index contributed by atoms with van der Waals surface area (Å²) in [7, 11) is 0. The zero-order valence-electron chi connectivity index (χ0n) is 11.3. The molecule has 106 valence electrons. The van der Waals surface area contributed by atoms with Gasteiger partial charge in [0, 0.05) is 16.2 Å². The van der Waals surface area contributed by atoms with Crippen molar-refractivity contribution in [3.8, 4) is 0 Å². The molecule has 0 aliphatic heterocycles. The predicted molar refractivity (Wildman–Crippen MR) is 83.0 cm³/mol. The van der Waals surface area contributed by atoms with Gasteiger partial charge in [-0.2, -0.15) is 0 Å².